The van der Waals surface area contributed by atoms with Crippen LogP contribution in [-0.2, 0) is 9.53 Å². The van der Waals surface area contributed by atoms with Crippen LogP contribution in [0, 0.1) is 0 Å². The molecule has 5 heteroatoms. The third kappa shape index (κ3) is 3.98. The quantitative estimate of drug-likeness (QED) is 0.780. The average molecular weight is 314 g/mol. The molecule has 2 rings (SSSR count). The van der Waals surface area contributed by atoms with E-state index in [0.29, 0.717) is 23.1 Å². The zero-order valence-corrected chi connectivity index (χ0v) is 13.0. The molecule has 1 saturated heterocycles. The first-order valence-electron chi connectivity index (χ1n) is 6.53. The predicted molar refractivity (Wildman–Crippen MR) is 82.1 cm³/mol. The normalized spacial score (nSPS) is 23.3. The van der Waals surface area contributed by atoms with Crippen LogP contribution in [0.1, 0.15) is 19.4 Å². The predicted octanol–water partition coefficient (Wildman–Crippen LogP) is 3.64. The highest BCUT2D eigenvalue weighted by molar-refractivity contribution is 6.42. The number of amides is 1. The van der Waals surface area contributed by atoms with Gasteiger partial charge in [0.1, 0.15) is 0 Å². The van der Waals surface area contributed by atoms with Crippen LogP contribution in [0.3, 0.4) is 0 Å². The van der Waals surface area contributed by atoms with Crippen LogP contribution in [0.5, 0.6) is 0 Å². The minimum absolute atomic E-state index is 0.0157. The van der Waals surface area contributed by atoms with Crippen LogP contribution in [0.15, 0.2) is 24.3 Å². The van der Waals surface area contributed by atoms with Gasteiger partial charge in [-0.2, -0.15) is 0 Å². The lowest BCUT2D eigenvalue weighted by Crippen LogP contribution is -2.47. The number of ether oxygens (including phenoxy) is 1. The van der Waals surface area contributed by atoms with Crippen molar-refractivity contribution in [3.63, 3.8) is 0 Å². The maximum Gasteiger partial charge on any atom is 0.246 e. The van der Waals surface area contributed by atoms with E-state index < -0.39 is 0 Å². The van der Waals surface area contributed by atoms with E-state index in [-0.39, 0.29) is 18.1 Å². The fourth-order valence-corrected chi connectivity index (χ4v) is 2.55. The summed E-state index contributed by atoms with van der Waals surface area (Å²) < 4.78 is 5.61. The second kappa shape index (κ2) is 6.61. The smallest absolute Gasteiger partial charge is 0.246 e. The number of carbonyl (C=O) groups excluding carboxylic acids is 1. The Labute approximate surface area is 129 Å². The lowest BCUT2D eigenvalue weighted by Gasteiger charge is -2.34. The molecular weight excluding hydrogens is 297 g/mol. The summed E-state index contributed by atoms with van der Waals surface area (Å²) in [4.78, 5) is 13.9. The van der Waals surface area contributed by atoms with E-state index in [2.05, 4.69) is 0 Å². The Balaban J connectivity index is 2.03. The molecule has 1 aromatic rings. The fraction of sp³-hybridized carbons (Fsp3) is 0.400. The van der Waals surface area contributed by atoms with Crippen LogP contribution in [0.2, 0.25) is 10.0 Å². The summed E-state index contributed by atoms with van der Waals surface area (Å²) in [5, 5.41) is 0.987. The van der Waals surface area contributed by atoms with E-state index in [4.69, 9.17) is 27.9 Å². The zero-order chi connectivity index (χ0) is 14.7. The molecule has 1 amide bonds. The second-order valence-corrected chi connectivity index (χ2v) is 5.82. The summed E-state index contributed by atoms with van der Waals surface area (Å²) in [6.45, 7) is 5.18. The van der Waals surface area contributed by atoms with Gasteiger partial charge < -0.3 is 9.64 Å². The summed E-state index contributed by atoms with van der Waals surface area (Å²) in [5.74, 6) is -0.0157. The monoisotopic (exact) mass is 313 g/mol. The largest absolute Gasteiger partial charge is 0.372 e. The number of hydrogen-bond acceptors (Lipinski definition) is 2. The Bertz CT molecular complexity index is 521. The molecule has 1 aromatic carbocycles. The highest BCUT2D eigenvalue weighted by atomic mass is 35.5. The number of morpholine rings is 1. The molecule has 0 saturated carbocycles. The van der Waals surface area contributed by atoms with Gasteiger partial charge in [0.25, 0.3) is 0 Å². The molecule has 1 aliphatic rings. The standard InChI is InChI=1S/C15H17Cl2NO2/c1-10-8-18(9-11(2)20-10)15(19)6-4-12-3-5-13(16)14(17)7-12/h3-7,10-11H,8-9H2,1-2H3/b6-4+. The van der Waals surface area contributed by atoms with Gasteiger partial charge in [0, 0.05) is 19.2 Å². The van der Waals surface area contributed by atoms with Gasteiger partial charge in [-0.05, 0) is 37.6 Å². The third-order valence-electron chi connectivity index (χ3n) is 3.09. The van der Waals surface area contributed by atoms with Gasteiger partial charge in [0.15, 0.2) is 0 Å². The maximum absolute atomic E-state index is 12.1. The minimum atomic E-state index is -0.0157. The van der Waals surface area contributed by atoms with E-state index in [0.717, 1.165) is 5.56 Å². The molecule has 0 N–H and O–H groups in total. The molecule has 2 atom stereocenters. The summed E-state index contributed by atoms with van der Waals surface area (Å²) in [6, 6.07) is 5.27. The summed E-state index contributed by atoms with van der Waals surface area (Å²) in [5.41, 5.74) is 0.849. The number of halogens is 2. The van der Waals surface area contributed by atoms with E-state index in [1.54, 1.807) is 29.2 Å². The highest BCUT2D eigenvalue weighted by Crippen LogP contribution is 2.23. The maximum atomic E-state index is 12.1. The Kier molecular flexibility index (Phi) is 5.08. The molecule has 0 aliphatic carbocycles. The number of carbonyl (C=O) groups is 1. The molecule has 108 valence electrons. The molecule has 0 bridgehead atoms. The van der Waals surface area contributed by atoms with Crippen LogP contribution in [-0.4, -0.2) is 36.1 Å². The van der Waals surface area contributed by atoms with Gasteiger partial charge in [-0.1, -0.05) is 29.3 Å². The first kappa shape index (κ1) is 15.4. The van der Waals surface area contributed by atoms with Crippen molar-refractivity contribution >= 4 is 35.2 Å². The topological polar surface area (TPSA) is 29.5 Å². The second-order valence-electron chi connectivity index (χ2n) is 5.01. The molecule has 0 radical (unpaired) electrons. The lowest BCUT2D eigenvalue weighted by molar-refractivity contribution is -0.137. The molecular formula is C15H17Cl2NO2. The van der Waals surface area contributed by atoms with E-state index >= 15 is 0 Å². The molecule has 0 spiro atoms. The van der Waals surface area contributed by atoms with Crippen molar-refractivity contribution in [3.8, 4) is 0 Å². The van der Waals surface area contributed by atoms with Crippen LogP contribution in [0.4, 0.5) is 0 Å². The van der Waals surface area contributed by atoms with Gasteiger partial charge in [0.05, 0.1) is 22.3 Å². The Morgan fingerprint density at radius 2 is 1.90 bits per heavy atom. The van der Waals surface area contributed by atoms with Crippen molar-refractivity contribution in [2.24, 2.45) is 0 Å². The Hall–Kier alpha value is -1.03. The van der Waals surface area contributed by atoms with Crippen molar-refractivity contribution < 1.29 is 9.53 Å². The van der Waals surface area contributed by atoms with Crippen LogP contribution in [0.25, 0.3) is 6.08 Å². The zero-order valence-electron chi connectivity index (χ0n) is 11.5. The first-order chi connectivity index (χ1) is 9.45. The number of nitrogens with zero attached hydrogens (tertiary/aromatic N) is 1. The van der Waals surface area contributed by atoms with Gasteiger partial charge in [0.2, 0.25) is 5.91 Å². The first-order valence-corrected chi connectivity index (χ1v) is 7.29. The average Bonchev–Trinajstić information content (AvgIpc) is 2.38. The van der Waals surface area contributed by atoms with Crippen molar-refractivity contribution in [1.29, 1.82) is 0 Å². The molecule has 0 aromatic heterocycles. The molecule has 2 unspecified atom stereocenters. The van der Waals surface area contributed by atoms with Crippen LogP contribution < -0.4 is 0 Å². The van der Waals surface area contributed by atoms with Crippen molar-refractivity contribution in [3.05, 3.63) is 39.9 Å². The van der Waals surface area contributed by atoms with Crippen LogP contribution >= 0.6 is 23.2 Å². The number of benzene rings is 1. The highest BCUT2D eigenvalue weighted by Gasteiger charge is 2.24. The summed E-state index contributed by atoms with van der Waals surface area (Å²) in [7, 11) is 0. The minimum Gasteiger partial charge on any atom is -0.372 e. The van der Waals surface area contributed by atoms with Crippen molar-refractivity contribution in [2.45, 2.75) is 26.1 Å². The summed E-state index contributed by atoms with van der Waals surface area (Å²) in [6.07, 6.45) is 3.45. The Morgan fingerprint density at radius 1 is 1.25 bits per heavy atom. The number of hydrogen-bond donors (Lipinski definition) is 0. The van der Waals surface area contributed by atoms with E-state index in [1.807, 2.05) is 19.9 Å². The molecule has 3 nitrogen and oxygen atoms in total. The third-order valence-corrected chi connectivity index (χ3v) is 3.83. The Morgan fingerprint density at radius 3 is 2.50 bits per heavy atom. The number of rotatable bonds is 2. The summed E-state index contributed by atoms with van der Waals surface area (Å²) >= 11 is 11.8. The lowest BCUT2D eigenvalue weighted by atomic mass is 10.2. The SMILES string of the molecule is CC1CN(C(=O)/C=C/c2ccc(Cl)c(Cl)c2)CC(C)O1. The van der Waals surface area contributed by atoms with Gasteiger partial charge in [-0.3, -0.25) is 4.79 Å². The van der Waals surface area contributed by atoms with Gasteiger partial charge >= 0.3 is 0 Å². The van der Waals surface area contributed by atoms with E-state index in [9.17, 15) is 4.79 Å². The van der Waals surface area contributed by atoms with E-state index in [1.165, 1.54) is 0 Å². The van der Waals surface area contributed by atoms with Crippen molar-refractivity contribution in [1.82, 2.24) is 4.90 Å². The molecule has 1 heterocycles. The molecule has 20 heavy (non-hydrogen) atoms. The van der Waals surface area contributed by atoms with Gasteiger partial charge in [-0.25, -0.2) is 0 Å². The fourth-order valence-electron chi connectivity index (χ4n) is 2.25. The molecule has 1 fully saturated rings. The van der Waals surface area contributed by atoms with Crippen molar-refractivity contribution in [2.75, 3.05) is 13.1 Å². The molecule has 1 aliphatic heterocycles. The van der Waals surface area contributed by atoms with Gasteiger partial charge in [-0.15, -0.1) is 0 Å².